The van der Waals surface area contributed by atoms with Crippen LogP contribution >= 0.6 is 11.3 Å². The van der Waals surface area contributed by atoms with Crippen LogP contribution in [-0.4, -0.2) is 36.8 Å². The number of esters is 1. The number of nitrogens with one attached hydrogen (secondary N) is 1. The molecule has 2 rings (SSSR count). The van der Waals surface area contributed by atoms with Gasteiger partial charge in [0.25, 0.3) is 0 Å². The number of thiazole rings is 1. The summed E-state index contributed by atoms with van der Waals surface area (Å²) in [6.45, 7) is 3.75. The summed E-state index contributed by atoms with van der Waals surface area (Å²) in [4.78, 5) is 15.7. The third-order valence-electron chi connectivity index (χ3n) is 3.48. The van der Waals surface area contributed by atoms with E-state index in [0.29, 0.717) is 25.6 Å². The van der Waals surface area contributed by atoms with Gasteiger partial charge in [-0.25, -0.2) is 4.98 Å². The van der Waals surface area contributed by atoms with Crippen molar-refractivity contribution in [3.05, 3.63) is 11.1 Å². The highest BCUT2D eigenvalue weighted by molar-refractivity contribution is 7.13. The first-order valence-electron chi connectivity index (χ1n) is 7.73. The molecule has 0 bridgehead atoms. The van der Waals surface area contributed by atoms with Gasteiger partial charge < -0.3 is 14.8 Å². The maximum Gasteiger partial charge on any atom is 0.306 e. The van der Waals surface area contributed by atoms with Gasteiger partial charge in [-0.15, -0.1) is 11.3 Å². The van der Waals surface area contributed by atoms with E-state index in [4.69, 9.17) is 9.47 Å². The van der Waals surface area contributed by atoms with Crippen molar-refractivity contribution in [1.82, 2.24) is 4.98 Å². The molecule has 1 aliphatic carbocycles. The van der Waals surface area contributed by atoms with Crippen LogP contribution in [0.4, 0.5) is 5.13 Å². The molecule has 118 valence electrons. The predicted octanol–water partition coefficient (Wildman–Crippen LogP) is 3.01. The van der Waals surface area contributed by atoms with Crippen LogP contribution in [0.2, 0.25) is 0 Å². The molecule has 1 aromatic heterocycles. The molecule has 1 aliphatic rings. The fourth-order valence-corrected chi connectivity index (χ4v) is 3.18. The number of carbonyl (C=O) groups is 1. The molecule has 0 unspecified atom stereocenters. The Kier molecular flexibility index (Phi) is 6.95. The highest BCUT2D eigenvalue weighted by atomic mass is 32.1. The monoisotopic (exact) mass is 312 g/mol. The first-order chi connectivity index (χ1) is 10.3. The SMILES string of the molecule is CCOC(=O)CCc1csc(NCCOC2CCCC2)n1. The Morgan fingerprint density at radius 3 is 3.05 bits per heavy atom. The van der Waals surface area contributed by atoms with Gasteiger partial charge in [0.05, 0.1) is 31.4 Å². The zero-order chi connectivity index (χ0) is 14.9. The molecule has 0 aliphatic heterocycles. The third-order valence-corrected chi connectivity index (χ3v) is 4.33. The fourth-order valence-electron chi connectivity index (χ4n) is 2.40. The minimum atomic E-state index is -0.162. The van der Waals surface area contributed by atoms with Gasteiger partial charge in [-0.05, 0) is 19.8 Å². The van der Waals surface area contributed by atoms with E-state index in [1.54, 1.807) is 11.3 Å². The lowest BCUT2D eigenvalue weighted by molar-refractivity contribution is -0.143. The second-order valence-corrected chi connectivity index (χ2v) is 6.01. The second-order valence-electron chi connectivity index (χ2n) is 5.15. The Morgan fingerprint density at radius 1 is 1.48 bits per heavy atom. The van der Waals surface area contributed by atoms with Gasteiger partial charge in [-0.2, -0.15) is 0 Å². The lowest BCUT2D eigenvalue weighted by atomic mass is 10.2. The lowest BCUT2D eigenvalue weighted by Crippen LogP contribution is -2.15. The van der Waals surface area contributed by atoms with Crippen LogP contribution in [0.15, 0.2) is 5.38 Å². The van der Waals surface area contributed by atoms with E-state index in [-0.39, 0.29) is 5.97 Å². The van der Waals surface area contributed by atoms with Gasteiger partial charge >= 0.3 is 5.97 Å². The summed E-state index contributed by atoms with van der Waals surface area (Å²) in [7, 11) is 0. The first-order valence-corrected chi connectivity index (χ1v) is 8.61. The van der Waals surface area contributed by atoms with Gasteiger partial charge in [-0.3, -0.25) is 4.79 Å². The van der Waals surface area contributed by atoms with Crippen molar-refractivity contribution in [1.29, 1.82) is 0 Å². The van der Waals surface area contributed by atoms with Gasteiger partial charge in [0, 0.05) is 18.3 Å². The van der Waals surface area contributed by atoms with Gasteiger partial charge in [-0.1, -0.05) is 12.8 Å². The number of rotatable bonds is 9. The van der Waals surface area contributed by atoms with Crippen molar-refractivity contribution < 1.29 is 14.3 Å². The van der Waals surface area contributed by atoms with Gasteiger partial charge in [0.15, 0.2) is 5.13 Å². The normalized spacial score (nSPS) is 15.3. The number of hydrogen-bond donors (Lipinski definition) is 1. The first kappa shape index (κ1) is 16.2. The summed E-state index contributed by atoms with van der Waals surface area (Å²) < 4.78 is 10.7. The number of hydrogen-bond acceptors (Lipinski definition) is 6. The molecule has 1 heterocycles. The molecule has 0 aromatic carbocycles. The minimum absolute atomic E-state index is 0.162. The average molecular weight is 312 g/mol. The molecular formula is C15H24N2O3S. The fraction of sp³-hybridized carbons (Fsp3) is 0.733. The van der Waals surface area contributed by atoms with Crippen LogP contribution in [0.25, 0.3) is 0 Å². The van der Waals surface area contributed by atoms with E-state index in [9.17, 15) is 4.79 Å². The molecule has 1 N–H and O–H groups in total. The third kappa shape index (κ3) is 6.01. The quantitative estimate of drug-likeness (QED) is 0.561. The topological polar surface area (TPSA) is 60.5 Å². The van der Waals surface area contributed by atoms with Crippen molar-refractivity contribution >= 4 is 22.4 Å². The van der Waals surface area contributed by atoms with Crippen molar-refractivity contribution in [2.24, 2.45) is 0 Å². The zero-order valence-electron chi connectivity index (χ0n) is 12.6. The van der Waals surface area contributed by atoms with Crippen LogP contribution in [0.5, 0.6) is 0 Å². The number of aromatic nitrogens is 1. The molecule has 0 spiro atoms. The molecule has 21 heavy (non-hydrogen) atoms. The Labute approximate surface area is 130 Å². The highest BCUT2D eigenvalue weighted by Gasteiger charge is 2.14. The van der Waals surface area contributed by atoms with Crippen LogP contribution in [0.3, 0.4) is 0 Å². The van der Waals surface area contributed by atoms with E-state index in [1.807, 2.05) is 12.3 Å². The van der Waals surface area contributed by atoms with Crippen molar-refractivity contribution in [3.8, 4) is 0 Å². The Morgan fingerprint density at radius 2 is 2.29 bits per heavy atom. The molecule has 1 aromatic rings. The lowest BCUT2D eigenvalue weighted by Gasteiger charge is -2.10. The number of nitrogens with zero attached hydrogens (tertiary/aromatic N) is 1. The van der Waals surface area contributed by atoms with E-state index >= 15 is 0 Å². The van der Waals surface area contributed by atoms with Gasteiger partial charge in [0.2, 0.25) is 0 Å². The van der Waals surface area contributed by atoms with E-state index < -0.39 is 0 Å². The van der Waals surface area contributed by atoms with Crippen LogP contribution in [0, 0.1) is 0 Å². The van der Waals surface area contributed by atoms with Crippen LogP contribution in [0.1, 0.15) is 44.7 Å². The highest BCUT2D eigenvalue weighted by Crippen LogP contribution is 2.21. The largest absolute Gasteiger partial charge is 0.466 e. The molecule has 6 heteroatoms. The molecule has 0 atom stereocenters. The summed E-state index contributed by atoms with van der Waals surface area (Å²) >= 11 is 1.57. The number of carbonyl (C=O) groups excluding carboxylic acids is 1. The summed E-state index contributed by atoms with van der Waals surface area (Å²) in [5.74, 6) is -0.162. The molecular weight excluding hydrogens is 288 g/mol. The smallest absolute Gasteiger partial charge is 0.306 e. The maximum atomic E-state index is 11.3. The molecule has 5 nitrogen and oxygen atoms in total. The Bertz CT molecular complexity index is 430. The molecule has 1 saturated carbocycles. The van der Waals surface area contributed by atoms with E-state index in [1.165, 1.54) is 25.7 Å². The molecule has 0 amide bonds. The summed E-state index contributed by atoms with van der Waals surface area (Å²) in [6, 6.07) is 0. The predicted molar refractivity (Wildman–Crippen MR) is 83.8 cm³/mol. The standard InChI is InChI=1S/C15H24N2O3S/c1-2-19-14(18)8-7-12-11-21-15(17-12)16-9-10-20-13-5-3-4-6-13/h11,13H,2-10H2,1H3,(H,16,17). The maximum absolute atomic E-state index is 11.3. The van der Waals surface area contributed by atoms with E-state index in [2.05, 4.69) is 10.3 Å². The summed E-state index contributed by atoms with van der Waals surface area (Å²) in [6.07, 6.45) is 6.49. The molecule has 0 saturated heterocycles. The Balaban J connectivity index is 1.59. The number of ether oxygens (including phenoxy) is 2. The summed E-state index contributed by atoms with van der Waals surface area (Å²) in [5.41, 5.74) is 0.937. The van der Waals surface area contributed by atoms with Crippen molar-refractivity contribution in [2.45, 2.75) is 51.6 Å². The number of anilines is 1. The minimum Gasteiger partial charge on any atom is -0.466 e. The van der Waals surface area contributed by atoms with Crippen molar-refractivity contribution in [2.75, 3.05) is 25.1 Å². The average Bonchev–Trinajstić information content (AvgIpc) is 3.13. The molecule has 0 radical (unpaired) electrons. The summed E-state index contributed by atoms with van der Waals surface area (Å²) in [5, 5.41) is 6.15. The van der Waals surface area contributed by atoms with E-state index in [0.717, 1.165) is 24.0 Å². The van der Waals surface area contributed by atoms with Crippen molar-refractivity contribution in [3.63, 3.8) is 0 Å². The number of aryl methyl sites for hydroxylation is 1. The van der Waals surface area contributed by atoms with Gasteiger partial charge in [0.1, 0.15) is 0 Å². The van der Waals surface area contributed by atoms with Crippen LogP contribution < -0.4 is 5.32 Å². The second kappa shape index (κ2) is 9.00. The zero-order valence-corrected chi connectivity index (χ0v) is 13.4. The van der Waals surface area contributed by atoms with Crippen LogP contribution in [-0.2, 0) is 20.7 Å². The Hall–Kier alpha value is -1.14. The molecule has 1 fully saturated rings.